The zero-order valence-corrected chi connectivity index (χ0v) is 12.5. The molecule has 0 bridgehead atoms. The molecule has 0 fully saturated rings. The average molecular weight is 298 g/mol. The number of rotatable bonds is 4. The molecule has 5 nitrogen and oxygen atoms in total. The van der Waals surface area contributed by atoms with Crippen molar-refractivity contribution in [2.75, 3.05) is 5.32 Å². The number of carbonyl (C=O) groups excluding carboxylic acids is 1. The van der Waals surface area contributed by atoms with Crippen molar-refractivity contribution in [1.29, 1.82) is 0 Å². The highest BCUT2D eigenvalue weighted by molar-refractivity contribution is 5.97. The Morgan fingerprint density at radius 3 is 2.27 bits per heavy atom. The molecule has 114 valence electrons. The Morgan fingerprint density at radius 2 is 1.68 bits per heavy atom. The van der Waals surface area contributed by atoms with Gasteiger partial charge in [0, 0.05) is 5.69 Å². The largest absolute Gasteiger partial charge is 0.465 e. The highest BCUT2D eigenvalue weighted by atomic mass is 16.4. The molecule has 0 aliphatic rings. The molecule has 0 spiro atoms. The van der Waals surface area contributed by atoms with Crippen LogP contribution in [0.4, 0.5) is 10.5 Å². The Bertz CT molecular complexity index is 684. The van der Waals surface area contributed by atoms with Crippen LogP contribution in [0.25, 0.3) is 0 Å². The summed E-state index contributed by atoms with van der Waals surface area (Å²) in [5.41, 5.74) is 3.41. The van der Waals surface area contributed by atoms with Crippen molar-refractivity contribution < 1.29 is 14.7 Å². The average Bonchev–Trinajstić information content (AvgIpc) is 2.49. The number of hydrogen-bond acceptors (Lipinski definition) is 2. The number of hydrogen-bond donors (Lipinski definition) is 3. The van der Waals surface area contributed by atoms with Gasteiger partial charge in [-0.25, -0.2) is 4.79 Å². The normalized spacial score (nSPS) is 11.5. The highest BCUT2D eigenvalue weighted by Gasteiger charge is 2.22. The van der Waals surface area contributed by atoms with Gasteiger partial charge in [0.05, 0.1) is 0 Å². The minimum Gasteiger partial charge on any atom is -0.465 e. The summed E-state index contributed by atoms with van der Waals surface area (Å²) >= 11 is 0. The van der Waals surface area contributed by atoms with Gasteiger partial charge in [-0.1, -0.05) is 36.4 Å². The van der Waals surface area contributed by atoms with E-state index in [1.54, 1.807) is 30.3 Å². The maximum Gasteiger partial charge on any atom is 0.405 e. The molecule has 2 aromatic rings. The van der Waals surface area contributed by atoms with Gasteiger partial charge in [0.2, 0.25) is 0 Å². The van der Waals surface area contributed by atoms with Crippen LogP contribution in [-0.2, 0) is 4.79 Å². The second-order valence-corrected chi connectivity index (χ2v) is 5.08. The number of amides is 2. The minimum atomic E-state index is -1.25. The molecular formula is C17H18N2O3. The summed E-state index contributed by atoms with van der Waals surface area (Å²) in [6, 6.07) is 13.3. The molecule has 1 atom stereocenters. The number of carboxylic acid groups (broad SMARTS) is 1. The first-order chi connectivity index (χ1) is 10.5. The van der Waals surface area contributed by atoms with Crippen LogP contribution >= 0.6 is 0 Å². The predicted octanol–water partition coefficient (Wildman–Crippen LogP) is 3.25. The van der Waals surface area contributed by atoms with E-state index in [2.05, 4.69) is 10.6 Å². The Balaban J connectivity index is 2.22. The first-order valence-electron chi connectivity index (χ1n) is 6.90. The molecule has 0 radical (unpaired) electrons. The van der Waals surface area contributed by atoms with Gasteiger partial charge in [-0.05, 0) is 42.7 Å². The van der Waals surface area contributed by atoms with E-state index in [0.717, 1.165) is 11.1 Å². The van der Waals surface area contributed by atoms with Crippen LogP contribution in [0.1, 0.15) is 22.7 Å². The van der Waals surface area contributed by atoms with Crippen molar-refractivity contribution in [3.05, 3.63) is 65.2 Å². The number of anilines is 1. The van der Waals surface area contributed by atoms with E-state index in [9.17, 15) is 9.59 Å². The number of benzene rings is 2. The Morgan fingerprint density at radius 1 is 1.00 bits per heavy atom. The second kappa shape index (κ2) is 6.76. The summed E-state index contributed by atoms with van der Waals surface area (Å²) in [4.78, 5) is 23.4. The lowest BCUT2D eigenvalue weighted by atomic mass is 10.1. The Labute approximate surface area is 129 Å². The second-order valence-electron chi connectivity index (χ2n) is 5.08. The fourth-order valence-corrected chi connectivity index (χ4v) is 2.10. The van der Waals surface area contributed by atoms with E-state index in [-0.39, 0.29) is 0 Å². The van der Waals surface area contributed by atoms with Crippen LogP contribution in [0.2, 0.25) is 0 Å². The quantitative estimate of drug-likeness (QED) is 0.810. The Hall–Kier alpha value is -2.82. The van der Waals surface area contributed by atoms with E-state index in [1.807, 2.05) is 32.0 Å². The lowest BCUT2D eigenvalue weighted by Crippen LogP contribution is -2.36. The van der Waals surface area contributed by atoms with Crippen molar-refractivity contribution in [1.82, 2.24) is 5.32 Å². The maximum absolute atomic E-state index is 12.4. The van der Waals surface area contributed by atoms with Gasteiger partial charge in [0.25, 0.3) is 5.91 Å². The zero-order valence-electron chi connectivity index (χ0n) is 12.5. The zero-order chi connectivity index (χ0) is 16.1. The molecule has 0 saturated carbocycles. The van der Waals surface area contributed by atoms with E-state index < -0.39 is 18.0 Å². The third kappa shape index (κ3) is 3.85. The number of nitrogens with one attached hydrogen (secondary N) is 2. The summed E-state index contributed by atoms with van der Waals surface area (Å²) in [6.07, 6.45) is -1.25. The monoisotopic (exact) mass is 298 g/mol. The fourth-order valence-electron chi connectivity index (χ4n) is 2.10. The van der Waals surface area contributed by atoms with Gasteiger partial charge in [-0.3, -0.25) is 4.79 Å². The summed E-state index contributed by atoms with van der Waals surface area (Å²) in [6.45, 7) is 3.94. The molecule has 0 aliphatic carbocycles. The van der Waals surface area contributed by atoms with Gasteiger partial charge >= 0.3 is 6.09 Å². The van der Waals surface area contributed by atoms with Gasteiger partial charge in [-0.15, -0.1) is 0 Å². The van der Waals surface area contributed by atoms with E-state index in [4.69, 9.17) is 5.11 Å². The lowest BCUT2D eigenvalue weighted by Gasteiger charge is -2.17. The van der Waals surface area contributed by atoms with E-state index in [0.29, 0.717) is 11.3 Å². The van der Waals surface area contributed by atoms with Crippen molar-refractivity contribution >= 4 is 17.7 Å². The van der Waals surface area contributed by atoms with Crippen LogP contribution in [-0.4, -0.2) is 17.1 Å². The summed E-state index contributed by atoms with van der Waals surface area (Å²) in [5.74, 6) is -0.420. The molecule has 2 aromatic carbocycles. The van der Waals surface area contributed by atoms with Crippen LogP contribution in [0.3, 0.4) is 0 Å². The van der Waals surface area contributed by atoms with Crippen LogP contribution in [0, 0.1) is 13.8 Å². The van der Waals surface area contributed by atoms with Gasteiger partial charge in [0.1, 0.15) is 6.04 Å². The van der Waals surface area contributed by atoms with Gasteiger partial charge in [0.15, 0.2) is 0 Å². The molecular weight excluding hydrogens is 280 g/mol. The minimum absolute atomic E-state index is 0.420. The Kier molecular flexibility index (Phi) is 4.78. The molecule has 22 heavy (non-hydrogen) atoms. The molecule has 0 heterocycles. The summed E-state index contributed by atoms with van der Waals surface area (Å²) < 4.78 is 0. The first kappa shape index (κ1) is 15.6. The molecule has 1 unspecified atom stereocenters. The molecule has 0 aromatic heterocycles. The molecule has 2 amide bonds. The van der Waals surface area contributed by atoms with E-state index in [1.165, 1.54) is 0 Å². The molecule has 5 heteroatoms. The van der Waals surface area contributed by atoms with Crippen molar-refractivity contribution in [2.24, 2.45) is 0 Å². The first-order valence-corrected chi connectivity index (χ1v) is 6.90. The summed E-state index contributed by atoms with van der Waals surface area (Å²) in [7, 11) is 0. The number of aryl methyl sites for hydroxylation is 2. The molecule has 3 N–H and O–H groups in total. The van der Waals surface area contributed by atoms with Crippen molar-refractivity contribution in [3.63, 3.8) is 0 Å². The van der Waals surface area contributed by atoms with Crippen molar-refractivity contribution in [3.8, 4) is 0 Å². The standard InChI is InChI=1S/C17H18N2O3/c1-11-8-9-14(10-12(11)2)18-16(20)15(19-17(21)22)13-6-4-3-5-7-13/h3-10,15,19H,1-2H3,(H,18,20)(H,21,22). The van der Waals surface area contributed by atoms with Gasteiger partial charge in [-0.2, -0.15) is 0 Å². The lowest BCUT2D eigenvalue weighted by molar-refractivity contribution is -0.118. The third-order valence-corrected chi connectivity index (χ3v) is 3.44. The van der Waals surface area contributed by atoms with Gasteiger partial charge < -0.3 is 15.7 Å². The highest BCUT2D eigenvalue weighted by Crippen LogP contribution is 2.18. The van der Waals surface area contributed by atoms with Crippen LogP contribution in [0.5, 0.6) is 0 Å². The predicted molar refractivity (Wildman–Crippen MR) is 84.9 cm³/mol. The van der Waals surface area contributed by atoms with Crippen molar-refractivity contribution in [2.45, 2.75) is 19.9 Å². The topological polar surface area (TPSA) is 78.4 Å². The van der Waals surface area contributed by atoms with Crippen LogP contribution < -0.4 is 10.6 Å². The smallest absolute Gasteiger partial charge is 0.405 e. The molecule has 2 rings (SSSR count). The third-order valence-electron chi connectivity index (χ3n) is 3.44. The SMILES string of the molecule is Cc1ccc(NC(=O)C(NC(=O)O)c2ccccc2)cc1C. The van der Waals surface area contributed by atoms with E-state index >= 15 is 0 Å². The summed E-state index contributed by atoms with van der Waals surface area (Å²) in [5, 5.41) is 13.9. The number of carbonyl (C=O) groups is 2. The fraction of sp³-hybridized carbons (Fsp3) is 0.176. The van der Waals surface area contributed by atoms with Crippen LogP contribution in [0.15, 0.2) is 48.5 Å². The molecule has 0 saturated heterocycles. The molecule has 0 aliphatic heterocycles. The maximum atomic E-state index is 12.4.